The van der Waals surface area contributed by atoms with E-state index in [0.29, 0.717) is 12.3 Å². The van der Waals surface area contributed by atoms with Crippen LogP contribution in [-0.4, -0.2) is 21.2 Å². The van der Waals surface area contributed by atoms with Gasteiger partial charge in [-0.25, -0.2) is 9.78 Å². The standard InChI is InChI=1S/C7H4F3NO3/c8-7(9,10)3-1-2-11-4(5(3)12)6(13)14/h1-2,12H,(H,13,14). The van der Waals surface area contributed by atoms with Crippen molar-refractivity contribution in [2.24, 2.45) is 0 Å². The second-order valence-corrected chi connectivity index (χ2v) is 2.36. The van der Waals surface area contributed by atoms with Crippen LogP contribution in [0.1, 0.15) is 16.1 Å². The molecule has 1 aromatic heterocycles. The highest BCUT2D eigenvalue weighted by Crippen LogP contribution is 2.36. The number of pyridine rings is 1. The quantitative estimate of drug-likeness (QED) is 0.732. The van der Waals surface area contributed by atoms with Gasteiger partial charge in [0.05, 0.1) is 0 Å². The van der Waals surface area contributed by atoms with E-state index in [1.54, 1.807) is 0 Å². The van der Waals surface area contributed by atoms with Gasteiger partial charge in [0.1, 0.15) is 5.56 Å². The molecule has 0 saturated heterocycles. The lowest BCUT2D eigenvalue weighted by Gasteiger charge is -2.09. The number of rotatable bonds is 1. The molecule has 14 heavy (non-hydrogen) atoms. The van der Waals surface area contributed by atoms with Gasteiger partial charge >= 0.3 is 12.1 Å². The van der Waals surface area contributed by atoms with E-state index in [1.807, 2.05) is 0 Å². The SMILES string of the molecule is O=C(O)c1nccc(C(F)(F)F)c1O. The molecule has 0 radical (unpaired) electrons. The molecule has 0 spiro atoms. The minimum Gasteiger partial charge on any atom is -0.505 e. The van der Waals surface area contributed by atoms with Crippen molar-refractivity contribution in [3.05, 3.63) is 23.5 Å². The number of alkyl halides is 3. The lowest BCUT2D eigenvalue weighted by atomic mass is 10.2. The molecule has 0 bridgehead atoms. The summed E-state index contributed by atoms with van der Waals surface area (Å²) in [6.07, 6.45) is -4.12. The van der Waals surface area contributed by atoms with Crippen molar-refractivity contribution < 1.29 is 28.2 Å². The summed E-state index contributed by atoms with van der Waals surface area (Å²) in [5.74, 6) is -3.08. The second-order valence-electron chi connectivity index (χ2n) is 2.36. The van der Waals surface area contributed by atoms with Crippen LogP contribution in [0.25, 0.3) is 0 Å². The van der Waals surface area contributed by atoms with Crippen molar-refractivity contribution in [3.63, 3.8) is 0 Å². The fraction of sp³-hybridized carbons (Fsp3) is 0.143. The van der Waals surface area contributed by atoms with Crippen LogP contribution >= 0.6 is 0 Å². The van der Waals surface area contributed by atoms with Crippen molar-refractivity contribution in [3.8, 4) is 5.75 Å². The predicted octanol–water partition coefficient (Wildman–Crippen LogP) is 1.50. The molecule has 0 fully saturated rings. The number of carboxylic acid groups (broad SMARTS) is 1. The van der Waals surface area contributed by atoms with Gasteiger partial charge < -0.3 is 10.2 Å². The molecule has 1 aromatic rings. The highest BCUT2D eigenvalue weighted by Gasteiger charge is 2.35. The minimum absolute atomic E-state index is 0.502. The number of hydrogen-bond donors (Lipinski definition) is 2. The molecule has 0 aliphatic carbocycles. The zero-order valence-corrected chi connectivity index (χ0v) is 6.54. The Morgan fingerprint density at radius 3 is 2.43 bits per heavy atom. The third kappa shape index (κ3) is 1.76. The van der Waals surface area contributed by atoms with Gasteiger partial charge in [0.25, 0.3) is 0 Å². The molecule has 0 aliphatic rings. The molecule has 0 unspecified atom stereocenters. The molecule has 7 heteroatoms. The molecule has 0 aliphatic heterocycles. The number of carbonyl (C=O) groups is 1. The van der Waals surface area contributed by atoms with Crippen molar-refractivity contribution in [2.75, 3.05) is 0 Å². The van der Waals surface area contributed by atoms with Gasteiger partial charge in [-0.3, -0.25) is 0 Å². The van der Waals surface area contributed by atoms with Gasteiger partial charge in [0.2, 0.25) is 0 Å². The Bertz CT molecular complexity index is 375. The van der Waals surface area contributed by atoms with Crippen molar-refractivity contribution >= 4 is 5.97 Å². The summed E-state index contributed by atoms with van der Waals surface area (Å²) >= 11 is 0. The Labute approximate surface area is 75.6 Å². The Hall–Kier alpha value is -1.79. The van der Waals surface area contributed by atoms with Crippen molar-refractivity contribution in [1.29, 1.82) is 0 Å². The maximum atomic E-state index is 12.1. The number of hydrogen-bond acceptors (Lipinski definition) is 3. The number of halogens is 3. The normalized spacial score (nSPS) is 11.4. The van der Waals surface area contributed by atoms with Crippen LogP contribution in [0.2, 0.25) is 0 Å². The zero-order valence-electron chi connectivity index (χ0n) is 6.54. The summed E-state index contributed by atoms with van der Waals surface area (Å²) in [7, 11) is 0. The van der Waals surface area contributed by atoms with Gasteiger partial charge in [-0.2, -0.15) is 13.2 Å². The maximum Gasteiger partial charge on any atom is 0.420 e. The first kappa shape index (κ1) is 10.3. The van der Waals surface area contributed by atoms with Crippen LogP contribution in [0, 0.1) is 0 Å². The van der Waals surface area contributed by atoms with E-state index in [0.717, 1.165) is 0 Å². The van der Waals surface area contributed by atoms with E-state index in [2.05, 4.69) is 4.98 Å². The zero-order chi connectivity index (χ0) is 10.9. The van der Waals surface area contributed by atoms with Gasteiger partial charge in [-0.1, -0.05) is 0 Å². The second kappa shape index (κ2) is 3.17. The third-order valence-corrected chi connectivity index (χ3v) is 1.43. The monoisotopic (exact) mass is 207 g/mol. The number of aromatic carboxylic acids is 1. The van der Waals surface area contributed by atoms with Crippen LogP contribution in [0.4, 0.5) is 13.2 Å². The highest BCUT2D eigenvalue weighted by molar-refractivity contribution is 5.88. The molecule has 0 amide bonds. The number of carboxylic acids is 1. The highest BCUT2D eigenvalue weighted by atomic mass is 19.4. The van der Waals surface area contributed by atoms with E-state index in [-0.39, 0.29) is 0 Å². The van der Waals surface area contributed by atoms with Gasteiger partial charge in [-0.05, 0) is 6.07 Å². The molecular formula is C7H4F3NO3. The largest absolute Gasteiger partial charge is 0.505 e. The average molecular weight is 207 g/mol. The van der Waals surface area contributed by atoms with Crippen LogP contribution < -0.4 is 0 Å². The molecule has 76 valence electrons. The minimum atomic E-state index is -4.79. The van der Waals surface area contributed by atoms with Gasteiger partial charge in [0, 0.05) is 6.20 Å². The summed E-state index contributed by atoms with van der Waals surface area (Å²) in [6, 6.07) is 0.502. The summed E-state index contributed by atoms with van der Waals surface area (Å²) in [6.45, 7) is 0. The molecule has 2 N–H and O–H groups in total. The molecule has 0 saturated carbocycles. The molecule has 4 nitrogen and oxygen atoms in total. The Kier molecular flexibility index (Phi) is 2.33. The van der Waals surface area contributed by atoms with Crippen molar-refractivity contribution in [1.82, 2.24) is 4.98 Å². The predicted molar refractivity (Wildman–Crippen MR) is 37.9 cm³/mol. The first-order chi connectivity index (χ1) is 6.34. The first-order valence-electron chi connectivity index (χ1n) is 3.32. The summed E-state index contributed by atoms with van der Waals surface area (Å²) in [5, 5.41) is 17.3. The third-order valence-electron chi connectivity index (χ3n) is 1.43. The van der Waals surface area contributed by atoms with Gasteiger partial charge in [-0.15, -0.1) is 0 Å². The van der Waals surface area contributed by atoms with E-state index >= 15 is 0 Å². The number of nitrogens with zero attached hydrogens (tertiary/aromatic N) is 1. The van der Waals surface area contributed by atoms with E-state index in [4.69, 9.17) is 10.2 Å². The Morgan fingerprint density at radius 1 is 1.43 bits per heavy atom. The summed E-state index contributed by atoms with van der Waals surface area (Å²) in [4.78, 5) is 13.4. The molecule has 1 heterocycles. The number of aromatic hydroxyl groups is 1. The fourth-order valence-corrected chi connectivity index (χ4v) is 0.839. The van der Waals surface area contributed by atoms with Crippen LogP contribution in [-0.2, 0) is 6.18 Å². The topological polar surface area (TPSA) is 70.4 Å². The van der Waals surface area contributed by atoms with E-state index in [9.17, 15) is 18.0 Å². The van der Waals surface area contributed by atoms with Crippen LogP contribution in [0.5, 0.6) is 5.75 Å². The van der Waals surface area contributed by atoms with Gasteiger partial charge in [0.15, 0.2) is 11.4 Å². The molecule has 0 aromatic carbocycles. The lowest BCUT2D eigenvalue weighted by molar-refractivity contribution is -0.138. The number of aromatic nitrogens is 1. The smallest absolute Gasteiger partial charge is 0.420 e. The average Bonchev–Trinajstić information content (AvgIpc) is 2.01. The maximum absolute atomic E-state index is 12.1. The summed E-state index contributed by atoms with van der Waals surface area (Å²) < 4.78 is 36.3. The lowest BCUT2D eigenvalue weighted by Crippen LogP contribution is -2.09. The van der Waals surface area contributed by atoms with Crippen molar-refractivity contribution in [2.45, 2.75) is 6.18 Å². The molecule has 0 atom stereocenters. The van der Waals surface area contributed by atoms with E-state index in [1.165, 1.54) is 0 Å². The Balaban J connectivity index is 3.35. The summed E-state index contributed by atoms with van der Waals surface area (Å²) in [5.41, 5.74) is -2.43. The van der Waals surface area contributed by atoms with Crippen LogP contribution in [0.15, 0.2) is 12.3 Å². The fourth-order valence-electron chi connectivity index (χ4n) is 0.839. The molecular weight excluding hydrogens is 203 g/mol. The van der Waals surface area contributed by atoms with Crippen LogP contribution in [0.3, 0.4) is 0 Å². The Morgan fingerprint density at radius 2 is 2.00 bits per heavy atom. The molecule has 1 rings (SSSR count). The van der Waals surface area contributed by atoms with E-state index < -0.39 is 29.2 Å². The first-order valence-corrected chi connectivity index (χ1v) is 3.32.